The molecule has 0 amide bonds. The number of halogens is 2. The Hall–Kier alpha value is -2.02. The second kappa shape index (κ2) is 7.31. The van der Waals surface area contributed by atoms with E-state index in [2.05, 4.69) is 9.82 Å². The predicted molar refractivity (Wildman–Crippen MR) is 105 cm³/mol. The van der Waals surface area contributed by atoms with E-state index in [9.17, 15) is 8.42 Å². The maximum atomic E-state index is 12.6. The Labute approximate surface area is 162 Å². The summed E-state index contributed by atoms with van der Waals surface area (Å²) in [7, 11) is -3.69. The summed E-state index contributed by atoms with van der Waals surface area (Å²) in [5.41, 5.74) is 2.44. The molecule has 0 aliphatic rings. The van der Waals surface area contributed by atoms with Crippen molar-refractivity contribution in [3.63, 3.8) is 0 Å². The third kappa shape index (κ3) is 3.72. The lowest BCUT2D eigenvalue weighted by atomic mass is 10.2. The number of benzene rings is 2. The SMILES string of the molecule is Cc1nn(Cc2c(Cl)cccc2Cl)c(C)c1NS(=O)(=O)c1ccccc1. The van der Waals surface area contributed by atoms with Crippen LogP contribution in [0.1, 0.15) is 17.0 Å². The average Bonchev–Trinajstić information content (AvgIpc) is 2.86. The topological polar surface area (TPSA) is 64.0 Å². The average molecular weight is 410 g/mol. The Balaban J connectivity index is 1.94. The van der Waals surface area contributed by atoms with E-state index < -0.39 is 10.0 Å². The summed E-state index contributed by atoms with van der Waals surface area (Å²) in [5.74, 6) is 0. The monoisotopic (exact) mass is 409 g/mol. The fourth-order valence-electron chi connectivity index (χ4n) is 2.62. The van der Waals surface area contributed by atoms with Gasteiger partial charge in [-0.1, -0.05) is 47.5 Å². The molecule has 0 spiro atoms. The molecule has 2 aromatic carbocycles. The molecule has 8 heteroatoms. The number of rotatable bonds is 5. The second-order valence-electron chi connectivity index (χ2n) is 5.82. The van der Waals surface area contributed by atoms with Gasteiger partial charge < -0.3 is 0 Å². The minimum Gasteiger partial charge on any atom is -0.276 e. The van der Waals surface area contributed by atoms with Gasteiger partial charge in [0, 0.05) is 15.6 Å². The third-order valence-corrected chi connectivity index (χ3v) is 6.11. The first kappa shape index (κ1) is 18.8. The van der Waals surface area contributed by atoms with Gasteiger partial charge in [-0.2, -0.15) is 5.10 Å². The minimum atomic E-state index is -3.69. The summed E-state index contributed by atoms with van der Waals surface area (Å²) in [6.07, 6.45) is 0. The van der Waals surface area contributed by atoms with Crippen molar-refractivity contribution in [3.05, 3.63) is 75.5 Å². The molecule has 1 heterocycles. The van der Waals surface area contributed by atoms with Crippen molar-refractivity contribution < 1.29 is 8.42 Å². The Morgan fingerprint density at radius 3 is 2.23 bits per heavy atom. The molecule has 0 fully saturated rings. The van der Waals surface area contributed by atoms with Crippen molar-refractivity contribution in [1.82, 2.24) is 9.78 Å². The standard InChI is InChI=1S/C18H17Cl2N3O2S/c1-12-18(22-26(24,25)14-7-4-3-5-8-14)13(2)23(21-12)11-15-16(19)9-6-10-17(15)20/h3-10,22H,11H2,1-2H3. The number of aryl methyl sites for hydroxylation is 1. The molecule has 1 N–H and O–H groups in total. The van der Waals surface area contributed by atoms with Crippen LogP contribution in [-0.4, -0.2) is 18.2 Å². The maximum absolute atomic E-state index is 12.6. The van der Waals surface area contributed by atoms with Gasteiger partial charge in [0.15, 0.2) is 0 Å². The lowest BCUT2D eigenvalue weighted by molar-refractivity contribution is 0.601. The van der Waals surface area contributed by atoms with E-state index in [0.717, 1.165) is 5.56 Å². The van der Waals surface area contributed by atoms with Crippen LogP contribution in [0.15, 0.2) is 53.4 Å². The molecule has 0 aliphatic heterocycles. The molecule has 0 radical (unpaired) electrons. The molecule has 1 aromatic heterocycles. The molecule has 0 saturated carbocycles. The lowest BCUT2D eigenvalue weighted by Crippen LogP contribution is -2.14. The zero-order valence-electron chi connectivity index (χ0n) is 14.2. The van der Waals surface area contributed by atoms with E-state index in [0.29, 0.717) is 33.7 Å². The number of sulfonamides is 1. The van der Waals surface area contributed by atoms with Gasteiger partial charge in [-0.15, -0.1) is 0 Å². The normalized spacial score (nSPS) is 11.5. The molecule has 5 nitrogen and oxygen atoms in total. The highest BCUT2D eigenvalue weighted by atomic mass is 35.5. The van der Waals surface area contributed by atoms with Gasteiger partial charge in [-0.05, 0) is 38.1 Å². The molecule has 0 atom stereocenters. The number of hydrogen-bond donors (Lipinski definition) is 1. The Morgan fingerprint density at radius 2 is 1.62 bits per heavy atom. The van der Waals surface area contributed by atoms with Gasteiger partial charge in [0.1, 0.15) is 0 Å². The maximum Gasteiger partial charge on any atom is 0.262 e. The molecule has 3 aromatic rings. The number of hydrogen-bond acceptors (Lipinski definition) is 3. The van der Waals surface area contributed by atoms with E-state index in [1.165, 1.54) is 0 Å². The number of nitrogens with zero attached hydrogens (tertiary/aromatic N) is 2. The molecule has 136 valence electrons. The number of anilines is 1. The summed E-state index contributed by atoms with van der Waals surface area (Å²) >= 11 is 12.5. The summed E-state index contributed by atoms with van der Waals surface area (Å²) in [6.45, 7) is 3.90. The number of aromatic nitrogens is 2. The minimum absolute atomic E-state index is 0.195. The van der Waals surface area contributed by atoms with Crippen LogP contribution in [0.5, 0.6) is 0 Å². The van der Waals surface area contributed by atoms with E-state index in [4.69, 9.17) is 23.2 Å². The molecule has 3 rings (SSSR count). The van der Waals surface area contributed by atoms with Crippen LogP contribution in [0.3, 0.4) is 0 Å². The van der Waals surface area contributed by atoms with Gasteiger partial charge in [0.25, 0.3) is 10.0 Å². The fraction of sp³-hybridized carbons (Fsp3) is 0.167. The van der Waals surface area contributed by atoms with Gasteiger partial charge in [0.05, 0.1) is 28.5 Å². The molecule has 0 aliphatic carbocycles. The third-order valence-electron chi connectivity index (χ3n) is 4.04. The summed E-state index contributed by atoms with van der Waals surface area (Å²) < 4.78 is 29.5. The predicted octanol–water partition coefficient (Wildman–Crippen LogP) is 4.66. The van der Waals surface area contributed by atoms with E-state index in [1.807, 2.05) is 0 Å². The lowest BCUT2D eigenvalue weighted by Gasteiger charge is -2.10. The van der Waals surface area contributed by atoms with Crippen molar-refractivity contribution >= 4 is 38.9 Å². The smallest absolute Gasteiger partial charge is 0.262 e. The zero-order valence-corrected chi connectivity index (χ0v) is 16.5. The molecule has 0 saturated heterocycles. The molecule has 0 unspecified atom stereocenters. The number of nitrogens with one attached hydrogen (secondary N) is 1. The van der Waals surface area contributed by atoms with Crippen LogP contribution in [0.4, 0.5) is 5.69 Å². The van der Waals surface area contributed by atoms with E-state index >= 15 is 0 Å². The van der Waals surface area contributed by atoms with E-state index in [-0.39, 0.29) is 4.90 Å². The van der Waals surface area contributed by atoms with Crippen LogP contribution in [0.25, 0.3) is 0 Å². The summed E-state index contributed by atoms with van der Waals surface area (Å²) in [4.78, 5) is 0.195. The first-order valence-electron chi connectivity index (χ1n) is 7.84. The van der Waals surface area contributed by atoms with Crippen molar-refractivity contribution in [2.24, 2.45) is 0 Å². The van der Waals surface area contributed by atoms with Crippen molar-refractivity contribution in [1.29, 1.82) is 0 Å². The van der Waals surface area contributed by atoms with Crippen LogP contribution in [-0.2, 0) is 16.6 Å². The second-order valence-corrected chi connectivity index (χ2v) is 8.32. The van der Waals surface area contributed by atoms with Gasteiger partial charge in [-0.3, -0.25) is 9.40 Å². The van der Waals surface area contributed by atoms with Crippen LogP contribution >= 0.6 is 23.2 Å². The highest BCUT2D eigenvalue weighted by molar-refractivity contribution is 7.92. The largest absolute Gasteiger partial charge is 0.276 e. The highest BCUT2D eigenvalue weighted by Crippen LogP contribution is 2.28. The first-order chi connectivity index (χ1) is 12.3. The van der Waals surface area contributed by atoms with Crippen LogP contribution in [0, 0.1) is 13.8 Å². The van der Waals surface area contributed by atoms with Crippen molar-refractivity contribution in [3.8, 4) is 0 Å². The van der Waals surface area contributed by atoms with Crippen LogP contribution < -0.4 is 4.72 Å². The van der Waals surface area contributed by atoms with Crippen molar-refractivity contribution in [2.45, 2.75) is 25.3 Å². The summed E-state index contributed by atoms with van der Waals surface area (Å²) in [6, 6.07) is 13.5. The zero-order chi connectivity index (χ0) is 18.9. The van der Waals surface area contributed by atoms with Gasteiger partial charge in [0.2, 0.25) is 0 Å². The molecular weight excluding hydrogens is 393 g/mol. The Morgan fingerprint density at radius 1 is 1.00 bits per heavy atom. The summed E-state index contributed by atoms with van der Waals surface area (Å²) in [5, 5.41) is 5.51. The first-order valence-corrected chi connectivity index (χ1v) is 10.1. The highest BCUT2D eigenvalue weighted by Gasteiger charge is 2.20. The van der Waals surface area contributed by atoms with Gasteiger partial charge >= 0.3 is 0 Å². The van der Waals surface area contributed by atoms with E-state index in [1.54, 1.807) is 67.1 Å². The fourth-order valence-corrected chi connectivity index (χ4v) is 4.34. The Bertz CT molecular complexity index is 1030. The van der Waals surface area contributed by atoms with Gasteiger partial charge in [-0.25, -0.2) is 8.42 Å². The molecule has 0 bridgehead atoms. The quantitative estimate of drug-likeness (QED) is 0.666. The van der Waals surface area contributed by atoms with Crippen molar-refractivity contribution in [2.75, 3.05) is 4.72 Å². The van der Waals surface area contributed by atoms with Crippen LogP contribution in [0.2, 0.25) is 10.0 Å². The molecule has 26 heavy (non-hydrogen) atoms. The Kier molecular flexibility index (Phi) is 5.27. The molecular formula is C18H17Cl2N3O2S.